The van der Waals surface area contributed by atoms with Gasteiger partial charge in [0.1, 0.15) is 0 Å². The Morgan fingerprint density at radius 3 is 3.06 bits per heavy atom. The first-order valence-electron chi connectivity index (χ1n) is 5.63. The molecule has 1 N–H and O–H groups in total. The van der Waals surface area contributed by atoms with Gasteiger partial charge in [0.15, 0.2) is 4.34 Å². The maximum Gasteiger partial charge on any atom is 0.151 e. The number of aromatic nitrogens is 1. The number of benzene rings is 1. The van der Waals surface area contributed by atoms with Crippen molar-refractivity contribution in [3.8, 4) is 0 Å². The summed E-state index contributed by atoms with van der Waals surface area (Å²) in [7, 11) is 0. The van der Waals surface area contributed by atoms with E-state index in [0.717, 1.165) is 11.3 Å². The minimum atomic E-state index is 0. The molecule has 17 heavy (non-hydrogen) atoms. The second kappa shape index (κ2) is 6.05. The fourth-order valence-electron chi connectivity index (χ4n) is 1.98. The maximum atomic E-state index is 4.63. The molecular formula is C12H15ClN2S2. The number of thiazole rings is 1. The fourth-order valence-corrected chi connectivity index (χ4v) is 4.18. The van der Waals surface area contributed by atoms with Gasteiger partial charge in [-0.05, 0) is 31.5 Å². The van der Waals surface area contributed by atoms with E-state index in [1.165, 1.54) is 28.4 Å². The first-order chi connectivity index (χ1) is 7.92. The highest BCUT2D eigenvalue weighted by atomic mass is 35.5. The Balaban J connectivity index is 0.00000108. The summed E-state index contributed by atoms with van der Waals surface area (Å²) in [6.45, 7) is 1.19. The zero-order valence-electron chi connectivity index (χ0n) is 9.39. The van der Waals surface area contributed by atoms with Gasteiger partial charge in [-0.15, -0.1) is 23.7 Å². The molecule has 0 saturated carbocycles. The normalized spacial score (nSPS) is 19.4. The van der Waals surface area contributed by atoms with E-state index in [9.17, 15) is 0 Å². The first-order valence-corrected chi connectivity index (χ1v) is 7.44. The van der Waals surface area contributed by atoms with Gasteiger partial charge in [-0.2, -0.15) is 0 Å². The zero-order chi connectivity index (χ0) is 10.8. The number of thioether (sulfide) groups is 1. The SMILES string of the molecule is Cl.c1ccc2sc(SCC3CCCN3)nc2c1. The lowest BCUT2D eigenvalue weighted by atomic mass is 10.3. The Labute approximate surface area is 116 Å². The molecule has 1 aliphatic heterocycles. The van der Waals surface area contributed by atoms with Crippen molar-refractivity contribution in [3.63, 3.8) is 0 Å². The van der Waals surface area contributed by atoms with Gasteiger partial charge in [0.05, 0.1) is 10.2 Å². The van der Waals surface area contributed by atoms with Crippen molar-refractivity contribution in [3.05, 3.63) is 24.3 Å². The van der Waals surface area contributed by atoms with Crippen LogP contribution in [0.1, 0.15) is 12.8 Å². The average Bonchev–Trinajstić information content (AvgIpc) is 2.95. The lowest BCUT2D eigenvalue weighted by Crippen LogP contribution is -2.23. The molecule has 1 aromatic heterocycles. The Hall–Kier alpha value is -0.290. The predicted octanol–water partition coefficient (Wildman–Crippen LogP) is 3.56. The summed E-state index contributed by atoms with van der Waals surface area (Å²) < 4.78 is 2.50. The number of rotatable bonds is 3. The molecule has 1 atom stereocenters. The molecule has 1 unspecified atom stereocenters. The van der Waals surface area contributed by atoms with Gasteiger partial charge in [0, 0.05) is 11.8 Å². The van der Waals surface area contributed by atoms with Crippen LogP contribution < -0.4 is 5.32 Å². The number of fused-ring (bicyclic) bond motifs is 1. The average molecular weight is 287 g/mol. The topological polar surface area (TPSA) is 24.9 Å². The van der Waals surface area contributed by atoms with Gasteiger partial charge in [-0.1, -0.05) is 23.9 Å². The molecule has 1 fully saturated rings. The van der Waals surface area contributed by atoms with Crippen LogP contribution in [0.25, 0.3) is 10.2 Å². The Bertz CT molecular complexity index is 447. The smallest absolute Gasteiger partial charge is 0.151 e. The van der Waals surface area contributed by atoms with Crippen LogP contribution in [-0.4, -0.2) is 23.3 Å². The molecule has 0 amide bonds. The van der Waals surface area contributed by atoms with E-state index in [1.807, 2.05) is 11.8 Å². The van der Waals surface area contributed by atoms with Gasteiger partial charge in [0.2, 0.25) is 0 Å². The van der Waals surface area contributed by atoms with E-state index in [-0.39, 0.29) is 12.4 Å². The molecule has 1 aromatic carbocycles. The van der Waals surface area contributed by atoms with Crippen LogP contribution in [0.15, 0.2) is 28.6 Å². The summed E-state index contributed by atoms with van der Waals surface area (Å²) in [5.41, 5.74) is 1.13. The van der Waals surface area contributed by atoms with Gasteiger partial charge >= 0.3 is 0 Å². The minimum Gasteiger partial charge on any atom is -0.313 e. The third kappa shape index (κ3) is 3.13. The van der Waals surface area contributed by atoms with Crippen LogP contribution in [0.5, 0.6) is 0 Å². The van der Waals surface area contributed by atoms with Crippen LogP contribution in [-0.2, 0) is 0 Å². The first kappa shape index (κ1) is 13.1. The van der Waals surface area contributed by atoms with E-state index >= 15 is 0 Å². The molecular weight excluding hydrogens is 272 g/mol. The molecule has 0 aliphatic carbocycles. The molecule has 5 heteroatoms. The van der Waals surface area contributed by atoms with Crippen LogP contribution in [0.2, 0.25) is 0 Å². The molecule has 1 saturated heterocycles. The van der Waals surface area contributed by atoms with Crippen molar-refractivity contribution in [2.75, 3.05) is 12.3 Å². The van der Waals surface area contributed by atoms with E-state index in [0.29, 0.717) is 6.04 Å². The van der Waals surface area contributed by atoms with Gasteiger partial charge in [-0.25, -0.2) is 4.98 Å². The van der Waals surface area contributed by atoms with Gasteiger partial charge in [-0.3, -0.25) is 0 Å². The van der Waals surface area contributed by atoms with Gasteiger partial charge < -0.3 is 5.32 Å². The van der Waals surface area contributed by atoms with E-state index < -0.39 is 0 Å². The third-order valence-electron chi connectivity index (χ3n) is 2.84. The monoisotopic (exact) mass is 286 g/mol. The van der Waals surface area contributed by atoms with E-state index in [4.69, 9.17) is 0 Å². The highest BCUT2D eigenvalue weighted by Gasteiger charge is 2.14. The third-order valence-corrected chi connectivity index (χ3v) is 5.19. The number of nitrogens with zero attached hydrogens (tertiary/aromatic N) is 1. The molecule has 92 valence electrons. The fraction of sp³-hybridized carbons (Fsp3) is 0.417. The standard InChI is InChI=1S/C12H14N2S2.ClH/c1-2-6-11-10(5-1)14-12(16-11)15-8-9-4-3-7-13-9;/h1-2,5-6,9,13H,3-4,7-8H2;1H. The quantitative estimate of drug-likeness (QED) is 0.874. The second-order valence-electron chi connectivity index (χ2n) is 4.05. The van der Waals surface area contributed by atoms with Crippen molar-refractivity contribution >= 4 is 45.7 Å². The lowest BCUT2D eigenvalue weighted by molar-refractivity contribution is 0.674. The number of nitrogens with one attached hydrogen (secondary N) is 1. The van der Waals surface area contributed by atoms with Crippen LogP contribution in [0, 0.1) is 0 Å². The Morgan fingerprint density at radius 2 is 2.29 bits per heavy atom. The van der Waals surface area contributed by atoms with Gasteiger partial charge in [0.25, 0.3) is 0 Å². The van der Waals surface area contributed by atoms with Crippen molar-refractivity contribution in [1.82, 2.24) is 10.3 Å². The molecule has 0 spiro atoms. The number of para-hydroxylation sites is 1. The zero-order valence-corrected chi connectivity index (χ0v) is 11.8. The van der Waals surface area contributed by atoms with Crippen molar-refractivity contribution in [2.45, 2.75) is 23.2 Å². The minimum absolute atomic E-state index is 0. The summed E-state index contributed by atoms with van der Waals surface area (Å²) in [6, 6.07) is 9.05. The van der Waals surface area contributed by atoms with E-state index in [1.54, 1.807) is 11.3 Å². The van der Waals surface area contributed by atoms with Crippen molar-refractivity contribution < 1.29 is 0 Å². The summed E-state index contributed by atoms with van der Waals surface area (Å²) in [5, 5.41) is 3.52. The number of hydrogen-bond donors (Lipinski definition) is 1. The molecule has 0 radical (unpaired) electrons. The van der Waals surface area contributed by atoms with Crippen LogP contribution >= 0.6 is 35.5 Å². The molecule has 0 bridgehead atoms. The van der Waals surface area contributed by atoms with E-state index in [2.05, 4.69) is 34.6 Å². The highest BCUT2D eigenvalue weighted by Crippen LogP contribution is 2.30. The maximum absolute atomic E-state index is 4.63. The Kier molecular flexibility index (Phi) is 4.68. The summed E-state index contributed by atoms with van der Waals surface area (Å²) in [5.74, 6) is 1.15. The lowest BCUT2D eigenvalue weighted by Gasteiger charge is -2.06. The largest absolute Gasteiger partial charge is 0.313 e. The molecule has 3 rings (SSSR count). The number of halogens is 1. The highest BCUT2D eigenvalue weighted by molar-refractivity contribution is 8.01. The summed E-state index contributed by atoms with van der Waals surface area (Å²) in [6.07, 6.45) is 2.64. The molecule has 2 nitrogen and oxygen atoms in total. The van der Waals surface area contributed by atoms with Crippen molar-refractivity contribution in [2.24, 2.45) is 0 Å². The molecule has 2 aromatic rings. The molecule has 2 heterocycles. The summed E-state index contributed by atoms with van der Waals surface area (Å²) >= 11 is 3.69. The number of hydrogen-bond acceptors (Lipinski definition) is 4. The second-order valence-corrected chi connectivity index (χ2v) is 6.35. The molecule has 1 aliphatic rings. The van der Waals surface area contributed by atoms with Crippen LogP contribution in [0.4, 0.5) is 0 Å². The van der Waals surface area contributed by atoms with Crippen molar-refractivity contribution in [1.29, 1.82) is 0 Å². The predicted molar refractivity (Wildman–Crippen MR) is 78.6 cm³/mol. The Morgan fingerprint density at radius 1 is 1.41 bits per heavy atom. The summed E-state index contributed by atoms with van der Waals surface area (Å²) in [4.78, 5) is 4.63. The van der Waals surface area contributed by atoms with Crippen LogP contribution in [0.3, 0.4) is 0 Å².